The summed E-state index contributed by atoms with van der Waals surface area (Å²) in [4.78, 5) is 27.9. The minimum atomic E-state index is -2.69. The maximum absolute atomic E-state index is 14.1. The molecule has 11 heteroatoms. The number of hydrogen-bond acceptors (Lipinski definition) is 6. The number of aromatic nitrogens is 2. The molecular weight excluding hydrogens is 536 g/mol. The highest BCUT2D eigenvalue weighted by Gasteiger charge is 2.59. The van der Waals surface area contributed by atoms with Crippen LogP contribution in [0.4, 0.5) is 13.6 Å². The van der Waals surface area contributed by atoms with Crippen molar-refractivity contribution < 1.29 is 32.6 Å². The van der Waals surface area contributed by atoms with Gasteiger partial charge in [0.2, 0.25) is 5.92 Å². The van der Waals surface area contributed by atoms with Crippen molar-refractivity contribution in [2.45, 2.75) is 103 Å². The fourth-order valence-electron chi connectivity index (χ4n) is 5.83. The highest BCUT2D eigenvalue weighted by molar-refractivity contribution is 6.76. The molecule has 1 atom stereocenters. The molecule has 0 radical (unpaired) electrons. The van der Waals surface area contributed by atoms with Crippen molar-refractivity contribution in [1.82, 2.24) is 14.7 Å². The van der Waals surface area contributed by atoms with Crippen molar-refractivity contribution in [2.24, 2.45) is 5.41 Å². The summed E-state index contributed by atoms with van der Waals surface area (Å²) < 4.78 is 47.0. The molecule has 2 aliphatic rings. The molecule has 1 aromatic heterocycles. The van der Waals surface area contributed by atoms with E-state index in [0.29, 0.717) is 42.5 Å². The molecule has 1 spiro atoms. The summed E-state index contributed by atoms with van der Waals surface area (Å²) in [6.45, 7) is 15.2. The lowest BCUT2D eigenvalue weighted by Crippen LogP contribution is -2.54. The van der Waals surface area contributed by atoms with Crippen molar-refractivity contribution in [3.63, 3.8) is 0 Å². The van der Waals surface area contributed by atoms with Crippen LogP contribution in [0.15, 0.2) is 18.3 Å². The number of benzene rings is 1. The molecule has 1 unspecified atom stereocenters. The molecule has 2 heterocycles. The third-order valence-electron chi connectivity index (χ3n) is 7.68. The van der Waals surface area contributed by atoms with Crippen LogP contribution in [-0.4, -0.2) is 66.1 Å². The third-order valence-corrected chi connectivity index (χ3v) is 9.38. The first kappa shape index (κ1) is 30.4. The Bertz CT molecular complexity index is 1240. The first-order chi connectivity index (χ1) is 18.5. The molecule has 1 saturated heterocycles. The Kier molecular flexibility index (Phi) is 8.40. The molecule has 2 aromatic rings. The van der Waals surface area contributed by atoms with E-state index in [1.807, 2.05) is 0 Å². The van der Waals surface area contributed by atoms with Gasteiger partial charge < -0.3 is 19.1 Å². The van der Waals surface area contributed by atoms with Crippen molar-refractivity contribution in [1.29, 1.82) is 0 Å². The molecule has 1 saturated carbocycles. The highest BCUT2D eigenvalue weighted by atomic mass is 28.3. The lowest BCUT2D eigenvalue weighted by Gasteiger charge is -2.54. The van der Waals surface area contributed by atoms with Gasteiger partial charge in [-0.25, -0.2) is 23.1 Å². The first-order valence-electron chi connectivity index (χ1n) is 14.1. The second-order valence-electron chi connectivity index (χ2n) is 13.5. The van der Waals surface area contributed by atoms with Gasteiger partial charge in [0.25, 0.3) is 0 Å². The van der Waals surface area contributed by atoms with Crippen LogP contribution in [0.2, 0.25) is 25.7 Å². The number of nitrogens with zero attached hydrogens (tertiary/aromatic N) is 3. The third kappa shape index (κ3) is 6.84. The summed E-state index contributed by atoms with van der Waals surface area (Å²) in [5, 5.41) is 5.13. The topological polar surface area (TPSA) is 82.9 Å². The zero-order valence-corrected chi connectivity index (χ0v) is 25.8. The van der Waals surface area contributed by atoms with E-state index in [9.17, 15) is 18.4 Å². The van der Waals surface area contributed by atoms with E-state index < -0.39 is 43.1 Å². The zero-order chi connectivity index (χ0) is 29.5. The number of hydrogen-bond donors (Lipinski definition) is 0. The summed E-state index contributed by atoms with van der Waals surface area (Å²) in [7, 11) is -1.31. The number of esters is 1. The van der Waals surface area contributed by atoms with Crippen molar-refractivity contribution in [3.8, 4) is 0 Å². The Morgan fingerprint density at radius 1 is 1.18 bits per heavy atom. The standard InChI is InChI=1S/C29H43F2N3O5Si/c1-8-38-25(35)20-9-10-21(24-22(20)16-32-34(24)19-37-13-14-40(5,6)7)23-15-28(17-29(30,31)18-28)11-12-33(23)26(36)39-27(2,3)4/h9-10,16,23H,8,11-15,17-19H2,1-7H3. The largest absolute Gasteiger partial charge is 0.462 e. The van der Waals surface area contributed by atoms with Gasteiger partial charge in [0.15, 0.2) is 0 Å². The number of likely N-dealkylation sites (tertiary alicyclic amines) is 1. The van der Waals surface area contributed by atoms with E-state index in [0.717, 1.165) is 11.6 Å². The molecule has 8 nitrogen and oxygen atoms in total. The molecule has 1 amide bonds. The van der Waals surface area contributed by atoms with Crippen LogP contribution in [0.25, 0.3) is 10.9 Å². The average Bonchev–Trinajstić information content (AvgIpc) is 3.22. The van der Waals surface area contributed by atoms with Crippen LogP contribution in [-0.2, 0) is 20.9 Å². The number of amides is 1. The Morgan fingerprint density at radius 3 is 2.48 bits per heavy atom. The van der Waals surface area contributed by atoms with Gasteiger partial charge in [-0.05, 0) is 58.1 Å². The number of rotatable bonds is 8. The maximum Gasteiger partial charge on any atom is 0.410 e. The molecule has 1 aromatic carbocycles. The number of alkyl halides is 2. The lowest BCUT2D eigenvalue weighted by molar-refractivity contribution is -0.183. The number of carbonyl (C=O) groups excluding carboxylic acids is 2. The van der Waals surface area contributed by atoms with E-state index in [2.05, 4.69) is 24.7 Å². The molecule has 1 aliphatic heterocycles. The monoisotopic (exact) mass is 579 g/mol. The second kappa shape index (κ2) is 11.0. The summed E-state index contributed by atoms with van der Waals surface area (Å²) in [6, 6.07) is 3.93. The van der Waals surface area contributed by atoms with E-state index in [-0.39, 0.29) is 26.2 Å². The van der Waals surface area contributed by atoms with Crippen molar-refractivity contribution in [2.75, 3.05) is 19.8 Å². The van der Waals surface area contributed by atoms with Gasteiger partial charge in [0.1, 0.15) is 12.3 Å². The summed E-state index contributed by atoms with van der Waals surface area (Å²) in [5.41, 5.74) is 0.459. The molecule has 0 N–H and O–H groups in total. The van der Waals surface area contributed by atoms with Crippen LogP contribution in [0.5, 0.6) is 0 Å². The normalized spacial score (nSPS) is 20.4. The number of piperidine rings is 1. The van der Waals surface area contributed by atoms with E-state index >= 15 is 0 Å². The van der Waals surface area contributed by atoms with Gasteiger partial charge in [-0.1, -0.05) is 25.7 Å². The summed E-state index contributed by atoms with van der Waals surface area (Å²) in [6.07, 6.45) is 1.60. The van der Waals surface area contributed by atoms with Gasteiger partial charge in [-0.3, -0.25) is 0 Å². The fourth-order valence-corrected chi connectivity index (χ4v) is 6.59. The smallest absolute Gasteiger partial charge is 0.410 e. The molecule has 0 bridgehead atoms. The van der Waals surface area contributed by atoms with Crippen LogP contribution >= 0.6 is 0 Å². The second-order valence-corrected chi connectivity index (χ2v) is 19.2. The van der Waals surface area contributed by atoms with Gasteiger partial charge in [0, 0.05) is 45.0 Å². The number of halogens is 2. The van der Waals surface area contributed by atoms with Crippen LogP contribution in [0.3, 0.4) is 0 Å². The van der Waals surface area contributed by atoms with Crippen molar-refractivity contribution in [3.05, 3.63) is 29.5 Å². The Morgan fingerprint density at radius 2 is 1.88 bits per heavy atom. The van der Waals surface area contributed by atoms with Crippen molar-refractivity contribution >= 4 is 31.0 Å². The summed E-state index contributed by atoms with van der Waals surface area (Å²) >= 11 is 0. The molecule has 222 valence electrons. The molecule has 4 rings (SSSR count). The molecule has 1 aliphatic carbocycles. The minimum Gasteiger partial charge on any atom is -0.462 e. The highest BCUT2D eigenvalue weighted by Crippen LogP contribution is 2.60. The van der Waals surface area contributed by atoms with E-state index in [1.54, 1.807) is 55.6 Å². The zero-order valence-electron chi connectivity index (χ0n) is 24.8. The fraction of sp³-hybridized carbons (Fsp3) is 0.690. The Hall–Kier alpha value is -2.53. The SMILES string of the molecule is CCOC(=O)c1ccc(C2CC3(CCN2C(=O)OC(C)(C)C)CC(F)(F)C3)c2c1cnn2COCC[Si](C)(C)C. The summed E-state index contributed by atoms with van der Waals surface area (Å²) in [5.74, 6) is -3.16. The van der Waals surface area contributed by atoms with Gasteiger partial charge in [0.05, 0.1) is 29.9 Å². The van der Waals surface area contributed by atoms with E-state index in [1.165, 1.54) is 0 Å². The van der Waals surface area contributed by atoms with E-state index in [4.69, 9.17) is 14.2 Å². The molecule has 2 fully saturated rings. The first-order valence-corrected chi connectivity index (χ1v) is 17.8. The predicted octanol–water partition coefficient (Wildman–Crippen LogP) is 7.01. The number of carbonyl (C=O) groups is 2. The maximum atomic E-state index is 14.1. The Balaban J connectivity index is 1.77. The number of fused-ring (bicyclic) bond motifs is 1. The van der Waals surface area contributed by atoms with Gasteiger partial charge >= 0.3 is 12.1 Å². The number of ether oxygens (including phenoxy) is 3. The van der Waals surface area contributed by atoms with Crippen LogP contribution < -0.4 is 0 Å². The Labute approximate surface area is 236 Å². The lowest BCUT2D eigenvalue weighted by atomic mass is 9.59. The van der Waals surface area contributed by atoms with Crippen LogP contribution in [0.1, 0.15) is 75.3 Å². The quantitative estimate of drug-likeness (QED) is 0.190. The molecule has 40 heavy (non-hydrogen) atoms. The van der Waals surface area contributed by atoms with Crippen LogP contribution in [0, 0.1) is 5.41 Å². The predicted molar refractivity (Wildman–Crippen MR) is 151 cm³/mol. The minimum absolute atomic E-state index is 0.162. The van der Waals surface area contributed by atoms with Gasteiger partial charge in [-0.2, -0.15) is 5.10 Å². The van der Waals surface area contributed by atoms with Gasteiger partial charge in [-0.15, -0.1) is 0 Å². The average molecular weight is 580 g/mol. The molecular formula is C29H43F2N3O5Si.